The molecule has 132 valence electrons. The van der Waals surface area contributed by atoms with E-state index in [1.165, 1.54) is 4.80 Å². The van der Waals surface area contributed by atoms with E-state index in [0.29, 0.717) is 29.5 Å². The highest BCUT2D eigenvalue weighted by Crippen LogP contribution is 2.16. The van der Waals surface area contributed by atoms with Crippen LogP contribution in [0.3, 0.4) is 0 Å². The lowest BCUT2D eigenvalue weighted by Crippen LogP contribution is -2.38. The molecule has 0 unspecified atom stereocenters. The molecule has 0 spiro atoms. The Morgan fingerprint density at radius 3 is 2.64 bits per heavy atom. The van der Waals surface area contributed by atoms with Crippen LogP contribution >= 0.6 is 11.6 Å². The van der Waals surface area contributed by atoms with E-state index in [0.717, 1.165) is 12.8 Å². The van der Waals surface area contributed by atoms with Crippen LogP contribution in [0, 0.1) is 6.92 Å². The zero-order chi connectivity index (χ0) is 18.0. The Morgan fingerprint density at radius 2 is 1.96 bits per heavy atom. The van der Waals surface area contributed by atoms with Crippen LogP contribution in [-0.2, 0) is 9.53 Å². The van der Waals surface area contributed by atoms with E-state index in [2.05, 4.69) is 10.2 Å². The van der Waals surface area contributed by atoms with Crippen LogP contribution in [0.4, 0.5) is 0 Å². The first-order valence-electron chi connectivity index (χ1n) is 8.15. The first-order chi connectivity index (χ1) is 12.0. The summed E-state index contributed by atoms with van der Waals surface area (Å²) < 4.78 is 5.29. The molecule has 1 amide bonds. The van der Waals surface area contributed by atoms with Crippen LogP contribution in [0.1, 0.15) is 35.9 Å². The smallest absolute Gasteiger partial charge is 0.361 e. The van der Waals surface area contributed by atoms with Gasteiger partial charge in [0.15, 0.2) is 11.8 Å². The molecule has 8 heteroatoms. The van der Waals surface area contributed by atoms with Crippen molar-refractivity contribution < 1.29 is 14.3 Å². The number of hydrogen-bond donors (Lipinski definition) is 0. The molecule has 1 atom stereocenters. The topological polar surface area (TPSA) is 77.3 Å². The van der Waals surface area contributed by atoms with Crippen molar-refractivity contribution in [3.05, 3.63) is 40.7 Å². The largest absolute Gasteiger partial charge is 0.448 e. The summed E-state index contributed by atoms with van der Waals surface area (Å²) in [6.45, 7) is 4.67. The van der Waals surface area contributed by atoms with Crippen molar-refractivity contribution in [1.29, 1.82) is 0 Å². The van der Waals surface area contributed by atoms with Crippen LogP contribution < -0.4 is 0 Å². The molecule has 2 aromatic rings. The van der Waals surface area contributed by atoms with Gasteiger partial charge in [0.2, 0.25) is 0 Å². The van der Waals surface area contributed by atoms with Gasteiger partial charge in [0, 0.05) is 18.1 Å². The fraction of sp³-hybridized carbons (Fsp3) is 0.412. The number of likely N-dealkylation sites (tertiary alicyclic amines) is 1. The number of amides is 1. The number of esters is 1. The van der Waals surface area contributed by atoms with Gasteiger partial charge in [-0.25, -0.2) is 4.79 Å². The molecule has 25 heavy (non-hydrogen) atoms. The second-order valence-corrected chi connectivity index (χ2v) is 6.42. The third-order valence-corrected chi connectivity index (χ3v) is 4.30. The van der Waals surface area contributed by atoms with Crippen LogP contribution in [0.5, 0.6) is 0 Å². The number of aryl methyl sites for hydroxylation is 1. The van der Waals surface area contributed by atoms with Crippen molar-refractivity contribution in [2.75, 3.05) is 13.1 Å². The monoisotopic (exact) mass is 362 g/mol. The Balaban J connectivity index is 1.73. The second kappa shape index (κ2) is 7.23. The third-order valence-electron chi connectivity index (χ3n) is 4.06. The highest BCUT2D eigenvalue weighted by atomic mass is 35.5. The number of benzene rings is 1. The van der Waals surface area contributed by atoms with E-state index >= 15 is 0 Å². The third kappa shape index (κ3) is 3.82. The van der Waals surface area contributed by atoms with E-state index in [4.69, 9.17) is 16.3 Å². The molecule has 0 aliphatic carbocycles. The van der Waals surface area contributed by atoms with Crippen molar-refractivity contribution in [3.8, 4) is 5.69 Å². The van der Waals surface area contributed by atoms with Crippen LogP contribution in [0.2, 0.25) is 5.02 Å². The van der Waals surface area contributed by atoms with Crippen molar-refractivity contribution in [1.82, 2.24) is 19.9 Å². The molecule has 3 rings (SSSR count). The number of ether oxygens (including phenoxy) is 1. The Kier molecular flexibility index (Phi) is 5.03. The summed E-state index contributed by atoms with van der Waals surface area (Å²) in [6, 6.07) is 6.98. The molecule has 1 aromatic heterocycles. The van der Waals surface area contributed by atoms with Crippen LogP contribution in [0.15, 0.2) is 24.3 Å². The Labute approximate surface area is 150 Å². The average Bonchev–Trinajstić information content (AvgIpc) is 3.23. The lowest BCUT2D eigenvalue weighted by Gasteiger charge is -2.20. The second-order valence-electron chi connectivity index (χ2n) is 5.98. The van der Waals surface area contributed by atoms with E-state index in [-0.39, 0.29) is 11.6 Å². The van der Waals surface area contributed by atoms with Crippen molar-refractivity contribution in [2.45, 2.75) is 32.8 Å². The normalized spacial score (nSPS) is 15.2. The molecular formula is C17H19ClN4O3. The van der Waals surface area contributed by atoms with Gasteiger partial charge in [-0.3, -0.25) is 4.79 Å². The Hall–Kier alpha value is -2.41. The molecule has 1 aliphatic rings. The first-order valence-corrected chi connectivity index (χ1v) is 8.53. The first kappa shape index (κ1) is 17.4. The summed E-state index contributed by atoms with van der Waals surface area (Å²) in [4.78, 5) is 27.7. The lowest BCUT2D eigenvalue weighted by atomic mass is 10.3. The standard InChI is InChI=1S/C17H19ClN4O3/c1-11-15(20-22(19-11)14-7-5-6-13(18)10-14)17(24)25-12(2)16(23)21-8-3-4-9-21/h5-7,10,12H,3-4,8-9H2,1-2H3/t12-/m0/s1. The van der Waals surface area contributed by atoms with Gasteiger partial charge in [-0.2, -0.15) is 9.90 Å². The molecule has 1 saturated heterocycles. The quantitative estimate of drug-likeness (QED) is 0.780. The molecule has 1 aliphatic heterocycles. The summed E-state index contributed by atoms with van der Waals surface area (Å²) in [7, 11) is 0. The molecule has 0 bridgehead atoms. The lowest BCUT2D eigenvalue weighted by molar-refractivity contribution is -0.138. The van der Waals surface area contributed by atoms with Crippen LogP contribution in [-0.4, -0.2) is 51.0 Å². The Morgan fingerprint density at radius 1 is 1.24 bits per heavy atom. The number of carbonyl (C=O) groups excluding carboxylic acids is 2. The van der Waals surface area contributed by atoms with Gasteiger partial charge >= 0.3 is 5.97 Å². The zero-order valence-corrected chi connectivity index (χ0v) is 14.9. The molecular weight excluding hydrogens is 344 g/mol. The van der Waals surface area contributed by atoms with Crippen molar-refractivity contribution in [2.24, 2.45) is 0 Å². The molecule has 0 radical (unpaired) electrons. The van der Waals surface area contributed by atoms with Gasteiger partial charge < -0.3 is 9.64 Å². The minimum atomic E-state index is -0.846. The molecule has 1 aromatic carbocycles. The molecule has 7 nitrogen and oxygen atoms in total. The minimum absolute atomic E-state index is 0.0843. The maximum atomic E-state index is 12.4. The van der Waals surface area contributed by atoms with Crippen molar-refractivity contribution in [3.63, 3.8) is 0 Å². The summed E-state index contributed by atoms with van der Waals surface area (Å²) in [5, 5.41) is 8.94. The summed E-state index contributed by atoms with van der Waals surface area (Å²) in [6.07, 6.45) is 1.13. The molecule has 1 fully saturated rings. The van der Waals surface area contributed by atoms with E-state index in [9.17, 15) is 9.59 Å². The molecule has 0 N–H and O–H groups in total. The van der Waals surface area contributed by atoms with Gasteiger partial charge in [-0.15, -0.1) is 5.10 Å². The van der Waals surface area contributed by atoms with E-state index in [1.54, 1.807) is 43.0 Å². The Bertz CT molecular complexity index is 799. The van der Waals surface area contributed by atoms with Gasteiger partial charge in [0.05, 0.1) is 11.4 Å². The summed E-state index contributed by atoms with van der Waals surface area (Å²) in [5.41, 5.74) is 1.14. The number of halogens is 1. The van der Waals surface area contributed by atoms with E-state index < -0.39 is 12.1 Å². The predicted octanol–water partition coefficient (Wildman–Crippen LogP) is 2.40. The van der Waals surface area contributed by atoms with Gasteiger partial charge in [-0.05, 0) is 44.9 Å². The van der Waals surface area contributed by atoms with E-state index in [1.807, 2.05) is 0 Å². The van der Waals surface area contributed by atoms with Gasteiger partial charge in [-0.1, -0.05) is 17.7 Å². The zero-order valence-electron chi connectivity index (χ0n) is 14.1. The number of rotatable bonds is 4. The SMILES string of the molecule is Cc1nn(-c2cccc(Cl)c2)nc1C(=O)O[C@@H](C)C(=O)N1CCCC1. The maximum absolute atomic E-state index is 12.4. The van der Waals surface area contributed by atoms with Crippen molar-refractivity contribution >= 4 is 23.5 Å². The van der Waals surface area contributed by atoms with Gasteiger partial charge in [0.25, 0.3) is 5.91 Å². The number of nitrogens with zero attached hydrogens (tertiary/aromatic N) is 4. The fourth-order valence-electron chi connectivity index (χ4n) is 2.74. The highest BCUT2D eigenvalue weighted by Gasteiger charge is 2.28. The predicted molar refractivity (Wildman–Crippen MR) is 91.8 cm³/mol. The highest BCUT2D eigenvalue weighted by molar-refractivity contribution is 6.30. The maximum Gasteiger partial charge on any atom is 0.361 e. The van der Waals surface area contributed by atoms with Crippen LogP contribution in [0.25, 0.3) is 5.69 Å². The average molecular weight is 363 g/mol. The summed E-state index contributed by atoms with van der Waals surface area (Å²) >= 11 is 5.97. The number of carbonyl (C=O) groups is 2. The minimum Gasteiger partial charge on any atom is -0.448 e. The van der Waals surface area contributed by atoms with Gasteiger partial charge in [0.1, 0.15) is 0 Å². The summed E-state index contributed by atoms with van der Waals surface area (Å²) in [5.74, 6) is -0.837. The molecule has 2 heterocycles. The molecule has 0 saturated carbocycles. The number of hydrogen-bond acceptors (Lipinski definition) is 5. The number of aromatic nitrogens is 3. The fourth-order valence-corrected chi connectivity index (χ4v) is 2.93.